The molecule has 0 bridgehead atoms. The van der Waals surface area contributed by atoms with E-state index >= 15 is 0 Å². The number of nitrogens with one attached hydrogen (secondary N) is 1. The Morgan fingerprint density at radius 2 is 1.65 bits per heavy atom. The van der Waals surface area contributed by atoms with E-state index in [1.165, 1.54) is 0 Å². The topological polar surface area (TPSA) is 75.7 Å². The van der Waals surface area contributed by atoms with Gasteiger partial charge in [0, 0.05) is 11.8 Å². The normalized spacial score (nSPS) is 11.1. The maximum atomic E-state index is 13.5. The molecule has 0 saturated carbocycles. The number of ether oxygens (including phenoxy) is 1. The van der Waals surface area contributed by atoms with E-state index in [1.54, 1.807) is 24.3 Å². The number of hydrogen-bond donors (Lipinski definition) is 1. The van der Waals surface area contributed by atoms with E-state index in [0.717, 1.165) is 30.0 Å². The van der Waals surface area contributed by atoms with Crippen molar-refractivity contribution < 1.29 is 26.7 Å². The summed E-state index contributed by atoms with van der Waals surface area (Å²) in [6, 6.07) is 18.8. The molecular formula is C22H20F2N2O4S. The number of benzene rings is 3. The highest BCUT2D eigenvalue weighted by atomic mass is 32.2. The lowest BCUT2D eigenvalue weighted by Gasteiger charge is -2.22. The van der Waals surface area contributed by atoms with Crippen molar-refractivity contribution in [3.05, 3.63) is 90.0 Å². The first-order valence-electron chi connectivity index (χ1n) is 9.22. The zero-order chi connectivity index (χ0) is 22.4. The number of anilines is 2. The Balaban J connectivity index is 1.63. The average Bonchev–Trinajstić information content (AvgIpc) is 2.73. The van der Waals surface area contributed by atoms with Gasteiger partial charge in [-0.15, -0.1) is 0 Å². The molecule has 0 aliphatic rings. The van der Waals surface area contributed by atoms with Crippen LogP contribution in [0.25, 0.3) is 0 Å². The van der Waals surface area contributed by atoms with Crippen molar-refractivity contribution >= 4 is 27.3 Å². The van der Waals surface area contributed by atoms with Crippen LogP contribution in [-0.2, 0) is 21.4 Å². The Morgan fingerprint density at radius 1 is 0.968 bits per heavy atom. The number of sulfonamides is 1. The first kappa shape index (κ1) is 22.2. The smallest absolute Gasteiger partial charge is 0.245 e. The molecule has 9 heteroatoms. The molecule has 0 aliphatic carbocycles. The second kappa shape index (κ2) is 9.57. The van der Waals surface area contributed by atoms with Gasteiger partial charge in [-0.25, -0.2) is 17.2 Å². The molecule has 1 amide bonds. The van der Waals surface area contributed by atoms with E-state index in [1.807, 2.05) is 30.3 Å². The summed E-state index contributed by atoms with van der Waals surface area (Å²) in [5, 5.41) is 2.57. The molecule has 3 rings (SSSR count). The standard InChI is InChI=1S/C22H20F2N2O4S/c1-31(28,29)26(18-9-12-20(23)21(24)13-18)14-22(27)25-17-7-10-19(11-8-17)30-15-16-5-3-2-4-6-16/h2-13H,14-15H2,1H3,(H,25,27). The van der Waals surface area contributed by atoms with Crippen LogP contribution in [0.1, 0.15) is 5.56 Å². The van der Waals surface area contributed by atoms with Gasteiger partial charge in [0.1, 0.15) is 18.9 Å². The lowest BCUT2D eigenvalue weighted by Crippen LogP contribution is -2.37. The first-order chi connectivity index (χ1) is 14.7. The Kier molecular flexibility index (Phi) is 6.86. The quantitative estimate of drug-likeness (QED) is 0.569. The van der Waals surface area contributed by atoms with Crippen LogP contribution in [0.2, 0.25) is 0 Å². The van der Waals surface area contributed by atoms with Crippen molar-refractivity contribution in [2.75, 3.05) is 22.4 Å². The molecule has 3 aromatic rings. The van der Waals surface area contributed by atoms with Gasteiger partial charge in [0.05, 0.1) is 11.9 Å². The number of carbonyl (C=O) groups is 1. The van der Waals surface area contributed by atoms with Crippen LogP contribution in [0.3, 0.4) is 0 Å². The van der Waals surface area contributed by atoms with E-state index < -0.39 is 34.1 Å². The third-order valence-corrected chi connectivity index (χ3v) is 5.41. The Morgan fingerprint density at radius 3 is 2.26 bits per heavy atom. The molecule has 0 aliphatic heterocycles. The van der Waals surface area contributed by atoms with Gasteiger partial charge < -0.3 is 10.1 Å². The number of carbonyl (C=O) groups excluding carboxylic acids is 1. The molecule has 0 fully saturated rings. The molecule has 0 spiro atoms. The number of hydrogen-bond acceptors (Lipinski definition) is 4. The fraction of sp³-hybridized carbons (Fsp3) is 0.136. The zero-order valence-corrected chi connectivity index (χ0v) is 17.4. The maximum Gasteiger partial charge on any atom is 0.245 e. The largest absolute Gasteiger partial charge is 0.489 e. The average molecular weight is 446 g/mol. The highest BCUT2D eigenvalue weighted by Crippen LogP contribution is 2.21. The van der Waals surface area contributed by atoms with Gasteiger partial charge >= 0.3 is 0 Å². The predicted molar refractivity (Wildman–Crippen MR) is 114 cm³/mol. The molecule has 6 nitrogen and oxygen atoms in total. The maximum absolute atomic E-state index is 13.5. The second-order valence-electron chi connectivity index (χ2n) is 6.71. The molecular weight excluding hydrogens is 426 g/mol. The molecule has 1 N–H and O–H groups in total. The third-order valence-electron chi connectivity index (χ3n) is 4.27. The first-order valence-corrected chi connectivity index (χ1v) is 11.1. The van der Waals surface area contributed by atoms with Gasteiger partial charge in [-0.3, -0.25) is 9.10 Å². The number of rotatable bonds is 8. The molecule has 0 heterocycles. The van der Waals surface area contributed by atoms with Crippen molar-refractivity contribution in [1.29, 1.82) is 0 Å². The minimum Gasteiger partial charge on any atom is -0.489 e. The highest BCUT2D eigenvalue weighted by Gasteiger charge is 2.22. The van der Waals surface area contributed by atoms with Crippen molar-refractivity contribution in [3.8, 4) is 5.75 Å². The summed E-state index contributed by atoms with van der Waals surface area (Å²) < 4.78 is 57.2. The van der Waals surface area contributed by atoms with Crippen molar-refractivity contribution in [1.82, 2.24) is 0 Å². The lowest BCUT2D eigenvalue weighted by atomic mass is 10.2. The summed E-state index contributed by atoms with van der Waals surface area (Å²) in [6.45, 7) is -0.208. The van der Waals surface area contributed by atoms with Gasteiger partial charge in [0.2, 0.25) is 15.9 Å². The molecule has 162 valence electrons. The van der Waals surface area contributed by atoms with E-state index in [0.29, 0.717) is 22.3 Å². The van der Waals surface area contributed by atoms with E-state index in [4.69, 9.17) is 4.74 Å². The van der Waals surface area contributed by atoms with Crippen LogP contribution in [0.4, 0.5) is 20.2 Å². The Bertz CT molecular complexity index is 1150. The fourth-order valence-corrected chi connectivity index (χ4v) is 3.59. The molecule has 0 unspecified atom stereocenters. The number of halogens is 2. The number of nitrogens with zero attached hydrogens (tertiary/aromatic N) is 1. The summed E-state index contributed by atoms with van der Waals surface area (Å²) in [4.78, 5) is 12.4. The van der Waals surface area contributed by atoms with Gasteiger partial charge in [0.15, 0.2) is 11.6 Å². The van der Waals surface area contributed by atoms with Crippen molar-refractivity contribution in [2.45, 2.75) is 6.61 Å². The van der Waals surface area contributed by atoms with Crippen LogP contribution in [0.5, 0.6) is 5.75 Å². The Hall–Kier alpha value is -3.46. The molecule has 0 aromatic heterocycles. The van der Waals surface area contributed by atoms with Gasteiger partial charge in [-0.05, 0) is 42.0 Å². The van der Waals surface area contributed by atoms with Gasteiger partial charge in [-0.2, -0.15) is 0 Å². The van der Waals surface area contributed by atoms with Crippen molar-refractivity contribution in [3.63, 3.8) is 0 Å². The summed E-state index contributed by atoms with van der Waals surface area (Å²) in [5.74, 6) is -2.37. The summed E-state index contributed by atoms with van der Waals surface area (Å²) in [5.41, 5.74) is 1.29. The highest BCUT2D eigenvalue weighted by molar-refractivity contribution is 7.92. The fourth-order valence-electron chi connectivity index (χ4n) is 2.75. The van der Waals surface area contributed by atoms with E-state index in [9.17, 15) is 22.0 Å². The minimum atomic E-state index is -3.91. The Labute approximate surface area is 179 Å². The third kappa shape index (κ3) is 6.26. The molecule has 3 aromatic carbocycles. The van der Waals surface area contributed by atoms with E-state index in [2.05, 4.69) is 5.32 Å². The molecule has 0 atom stereocenters. The van der Waals surface area contributed by atoms with Crippen molar-refractivity contribution in [2.24, 2.45) is 0 Å². The van der Waals surface area contributed by atoms with Crippen LogP contribution in [0.15, 0.2) is 72.8 Å². The summed E-state index contributed by atoms with van der Waals surface area (Å²) in [7, 11) is -3.91. The monoisotopic (exact) mass is 446 g/mol. The molecule has 31 heavy (non-hydrogen) atoms. The lowest BCUT2D eigenvalue weighted by molar-refractivity contribution is -0.114. The number of amides is 1. The minimum absolute atomic E-state index is 0.152. The molecule has 0 saturated heterocycles. The van der Waals surface area contributed by atoms with Crippen LogP contribution < -0.4 is 14.4 Å². The van der Waals surface area contributed by atoms with Gasteiger partial charge in [0.25, 0.3) is 0 Å². The molecule has 0 radical (unpaired) electrons. The summed E-state index contributed by atoms with van der Waals surface area (Å²) in [6.07, 6.45) is 0.875. The van der Waals surface area contributed by atoms with Crippen LogP contribution in [-0.4, -0.2) is 27.1 Å². The SMILES string of the molecule is CS(=O)(=O)N(CC(=O)Nc1ccc(OCc2ccccc2)cc1)c1ccc(F)c(F)c1. The zero-order valence-electron chi connectivity index (χ0n) is 16.6. The summed E-state index contributed by atoms with van der Waals surface area (Å²) >= 11 is 0. The van der Waals surface area contributed by atoms with Crippen LogP contribution >= 0.6 is 0 Å². The van der Waals surface area contributed by atoms with Gasteiger partial charge in [-0.1, -0.05) is 30.3 Å². The second-order valence-corrected chi connectivity index (χ2v) is 8.62. The predicted octanol–water partition coefficient (Wildman–Crippen LogP) is 3.95. The van der Waals surface area contributed by atoms with Crippen LogP contribution in [0, 0.1) is 11.6 Å². The van der Waals surface area contributed by atoms with E-state index in [-0.39, 0.29) is 5.69 Å².